The third-order valence-corrected chi connectivity index (χ3v) is 6.96. The Kier molecular flexibility index (Phi) is 12.6. The van der Waals surface area contributed by atoms with Gasteiger partial charge in [-0.25, -0.2) is 0 Å². The van der Waals surface area contributed by atoms with Crippen molar-refractivity contribution in [1.29, 1.82) is 0 Å². The van der Waals surface area contributed by atoms with Crippen molar-refractivity contribution in [3.63, 3.8) is 0 Å². The van der Waals surface area contributed by atoms with Gasteiger partial charge in [0.15, 0.2) is 0 Å². The molecule has 0 N–H and O–H groups in total. The predicted molar refractivity (Wildman–Crippen MR) is 106 cm³/mol. The summed E-state index contributed by atoms with van der Waals surface area (Å²) in [6, 6.07) is 0. The van der Waals surface area contributed by atoms with Gasteiger partial charge in [0.05, 0.1) is 0 Å². The fourth-order valence-electron chi connectivity index (χ4n) is 4.91. The van der Waals surface area contributed by atoms with Crippen molar-refractivity contribution in [3.8, 4) is 0 Å². The molecular formula is C22H43Cl. The van der Waals surface area contributed by atoms with Crippen LogP contribution in [0.25, 0.3) is 0 Å². The molecule has 0 atom stereocenters. The molecule has 1 aliphatic rings. The number of hydrogen-bond donors (Lipinski definition) is 0. The molecule has 0 saturated heterocycles. The van der Waals surface area contributed by atoms with Crippen LogP contribution in [-0.2, 0) is 0 Å². The van der Waals surface area contributed by atoms with E-state index in [1.165, 1.54) is 109 Å². The molecule has 1 rings (SSSR count). The maximum absolute atomic E-state index is 5.72. The van der Waals surface area contributed by atoms with Gasteiger partial charge in [0, 0.05) is 5.88 Å². The topological polar surface area (TPSA) is 0 Å². The minimum absolute atomic E-state index is 0.683. The zero-order chi connectivity index (χ0) is 16.8. The first-order valence-electron chi connectivity index (χ1n) is 10.8. The van der Waals surface area contributed by atoms with Crippen LogP contribution in [0.3, 0.4) is 0 Å². The molecule has 0 heterocycles. The molecule has 0 bridgehead atoms. The van der Waals surface area contributed by atoms with Gasteiger partial charge in [-0.05, 0) is 37.0 Å². The summed E-state index contributed by atoms with van der Waals surface area (Å²) in [5.41, 5.74) is 0.683. The van der Waals surface area contributed by atoms with Gasteiger partial charge in [-0.15, -0.1) is 11.6 Å². The normalized spacial score (nSPS) is 16.8. The summed E-state index contributed by atoms with van der Waals surface area (Å²) < 4.78 is 0. The van der Waals surface area contributed by atoms with Crippen LogP contribution < -0.4 is 0 Å². The molecule has 0 aromatic heterocycles. The van der Waals surface area contributed by atoms with Gasteiger partial charge in [-0.1, -0.05) is 97.3 Å². The van der Waals surface area contributed by atoms with E-state index in [1.807, 2.05) is 0 Å². The quantitative estimate of drug-likeness (QED) is 0.219. The molecule has 0 aromatic carbocycles. The lowest BCUT2D eigenvalue weighted by atomic mass is 9.63. The van der Waals surface area contributed by atoms with Gasteiger partial charge in [-0.2, -0.15) is 0 Å². The van der Waals surface area contributed by atoms with E-state index < -0.39 is 0 Å². The van der Waals surface area contributed by atoms with Crippen molar-refractivity contribution in [1.82, 2.24) is 0 Å². The number of halogens is 1. The van der Waals surface area contributed by atoms with Crippen LogP contribution >= 0.6 is 11.6 Å². The summed E-state index contributed by atoms with van der Waals surface area (Å²) >= 11 is 5.72. The Morgan fingerprint density at radius 1 is 0.696 bits per heavy atom. The fraction of sp³-hybridized carbons (Fsp3) is 1.00. The average molecular weight is 343 g/mol. The lowest BCUT2D eigenvalue weighted by Crippen LogP contribution is -2.31. The van der Waals surface area contributed by atoms with Gasteiger partial charge in [0.25, 0.3) is 0 Å². The van der Waals surface area contributed by atoms with Crippen LogP contribution in [0, 0.1) is 11.3 Å². The highest BCUT2D eigenvalue weighted by atomic mass is 35.5. The van der Waals surface area contributed by atoms with Crippen LogP contribution in [0.4, 0.5) is 0 Å². The van der Waals surface area contributed by atoms with Crippen molar-refractivity contribution >= 4 is 11.6 Å². The Hall–Kier alpha value is 0.290. The molecule has 1 saturated carbocycles. The van der Waals surface area contributed by atoms with Crippen LogP contribution in [0.15, 0.2) is 0 Å². The van der Waals surface area contributed by atoms with Gasteiger partial charge < -0.3 is 0 Å². The van der Waals surface area contributed by atoms with Crippen molar-refractivity contribution in [2.45, 2.75) is 123 Å². The van der Waals surface area contributed by atoms with E-state index in [1.54, 1.807) is 0 Å². The Labute approximate surface area is 152 Å². The second-order valence-electron chi connectivity index (χ2n) is 8.03. The van der Waals surface area contributed by atoms with Crippen molar-refractivity contribution < 1.29 is 0 Å². The van der Waals surface area contributed by atoms with Crippen LogP contribution in [-0.4, -0.2) is 5.88 Å². The monoisotopic (exact) mass is 342 g/mol. The van der Waals surface area contributed by atoms with Gasteiger partial charge >= 0.3 is 0 Å². The second kappa shape index (κ2) is 13.6. The Morgan fingerprint density at radius 3 is 1.65 bits per heavy atom. The van der Waals surface area contributed by atoms with Crippen molar-refractivity contribution in [2.24, 2.45) is 11.3 Å². The molecule has 23 heavy (non-hydrogen) atoms. The molecule has 1 heteroatoms. The zero-order valence-corrected chi connectivity index (χ0v) is 16.9. The maximum Gasteiger partial charge on any atom is 0.0223 e. The number of alkyl halides is 1. The van der Waals surface area contributed by atoms with E-state index in [4.69, 9.17) is 11.6 Å². The molecule has 0 amide bonds. The molecule has 0 nitrogen and oxygen atoms in total. The van der Waals surface area contributed by atoms with E-state index >= 15 is 0 Å². The minimum atomic E-state index is 0.683. The van der Waals surface area contributed by atoms with E-state index in [0.29, 0.717) is 5.41 Å². The lowest BCUT2D eigenvalue weighted by molar-refractivity contribution is 0.0888. The van der Waals surface area contributed by atoms with Gasteiger partial charge in [-0.3, -0.25) is 0 Å². The van der Waals surface area contributed by atoms with E-state index in [9.17, 15) is 0 Å². The minimum Gasteiger partial charge on any atom is -0.127 e. The summed E-state index contributed by atoms with van der Waals surface area (Å²) in [5, 5.41) is 0. The molecule has 138 valence electrons. The molecule has 0 radical (unpaired) electrons. The molecular weight excluding hydrogens is 300 g/mol. The van der Waals surface area contributed by atoms with Gasteiger partial charge in [0.1, 0.15) is 0 Å². The van der Waals surface area contributed by atoms with Crippen molar-refractivity contribution in [2.75, 3.05) is 5.88 Å². The summed E-state index contributed by atoms with van der Waals surface area (Å²) in [6.45, 7) is 4.91. The highest BCUT2D eigenvalue weighted by molar-refractivity contribution is 6.17. The summed E-state index contributed by atoms with van der Waals surface area (Å²) in [5.74, 6) is 1.88. The fourth-order valence-corrected chi connectivity index (χ4v) is 5.10. The largest absolute Gasteiger partial charge is 0.127 e. The zero-order valence-electron chi connectivity index (χ0n) is 16.2. The first-order chi connectivity index (χ1) is 11.3. The maximum atomic E-state index is 5.72. The van der Waals surface area contributed by atoms with Crippen LogP contribution in [0.5, 0.6) is 0 Å². The highest BCUT2D eigenvalue weighted by Gasteiger charge is 2.35. The van der Waals surface area contributed by atoms with Crippen molar-refractivity contribution in [3.05, 3.63) is 0 Å². The molecule has 1 fully saturated rings. The Balaban J connectivity index is 2.11. The van der Waals surface area contributed by atoms with E-state index in [0.717, 1.165) is 11.8 Å². The SMILES string of the molecule is CCC(CC)(CCCCCCCCCCCCl)C1CCCCC1. The first-order valence-corrected chi connectivity index (χ1v) is 11.4. The summed E-state index contributed by atoms with van der Waals surface area (Å²) in [4.78, 5) is 0. The predicted octanol–water partition coefficient (Wildman–Crippen LogP) is 8.51. The first kappa shape index (κ1) is 21.3. The molecule has 0 aromatic rings. The Bertz CT molecular complexity index is 251. The van der Waals surface area contributed by atoms with E-state index in [-0.39, 0.29) is 0 Å². The number of hydrogen-bond acceptors (Lipinski definition) is 0. The van der Waals surface area contributed by atoms with Crippen LogP contribution in [0.1, 0.15) is 123 Å². The molecule has 0 unspecified atom stereocenters. The number of unbranched alkanes of at least 4 members (excludes halogenated alkanes) is 8. The van der Waals surface area contributed by atoms with E-state index in [2.05, 4.69) is 13.8 Å². The number of rotatable bonds is 14. The average Bonchev–Trinajstić information content (AvgIpc) is 2.61. The molecule has 0 aliphatic heterocycles. The standard InChI is InChI=1S/C22H43Cl/c1-3-22(4-2,21-17-13-12-14-18-21)19-15-10-8-6-5-7-9-11-16-20-23/h21H,3-20H2,1-2H3. The van der Waals surface area contributed by atoms with Gasteiger partial charge in [0.2, 0.25) is 0 Å². The summed E-state index contributed by atoms with van der Waals surface area (Å²) in [6.07, 6.45) is 24.5. The highest BCUT2D eigenvalue weighted by Crippen LogP contribution is 2.47. The second-order valence-corrected chi connectivity index (χ2v) is 8.40. The third-order valence-electron chi connectivity index (χ3n) is 6.69. The lowest BCUT2D eigenvalue weighted by Gasteiger charge is -2.42. The van der Waals surface area contributed by atoms with Crippen LogP contribution in [0.2, 0.25) is 0 Å². The third kappa shape index (κ3) is 8.28. The molecule has 1 aliphatic carbocycles. The smallest absolute Gasteiger partial charge is 0.0223 e. The molecule has 0 spiro atoms. The summed E-state index contributed by atoms with van der Waals surface area (Å²) in [7, 11) is 0. The Morgan fingerprint density at radius 2 is 1.17 bits per heavy atom.